The van der Waals surface area contributed by atoms with Crippen LogP contribution in [0.15, 0.2) is 30.5 Å². The van der Waals surface area contributed by atoms with Crippen LogP contribution < -0.4 is 0 Å². The highest BCUT2D eigenvalue weighted by molar-refractivity contribution is 6.31. The van der Waals surface area contributed by atoms with Gasteiger partial charge in [-0.3, -0.25) is 4.98 Å². The van der Waals surface area contributed by atoms with Crippen LogP contribution >= 0.6 is 11.6 Å². The fourth-order valence-electron chi connectivity index (χ4n) is 1.25. The Kier molecular flexibility index (Phi) is 1.92. The SMILES string of the molecule is C#Cc1ccnc2cc(Cl)ccc12. The van der Waals surface area contributed by atoms with Gasteiger partial charge in [0, 0.05) is 22.2 Å². The number of hydrogen-bond acceptors (Lipinski definition) is 1. The van der Waals surface area contributed by atoms with Gasteiger partial charge in [-0.25, -0.2) is 0 Å². The standard InChI is InChI=1S/C11H6ClN/c1-2-8-5-6-13-11-7-9(12)3-4-10(8)11/h1,3-7H. The predicted molar refractivity (Wildman–Crippen MR) is 54.7 cm³/mol. The summed E-state index contributed by atoms with van der Waals surface area (Å²) in [6, 6.07) is 7.32. The summed E-state index contributed by atoms with van der Waals surface area (Å²) >= 11 is 5.82. The first kappa shape index (κ1) is 8.10. The molecule has 2 aromatic rings. The molecule has 0 bridgehead atoms. The van der Waals surface area contributed by atoms with E-state index >= 15 is 0 Å². The molecule has 0 fully saturated rings. The Morgan fingerprint density at radius 3 is 2.92 bits per heavy atom. The molecule has 13 heavy (non-hydrogen) atoms. The average molecular weight is 188 g/mol. The number of aromatic nitrogens is 1. The summed E-state index contributed by atoms with van der Waals surface area (Å²) in [4.78, 5) is 4.17. The molecule has 2 heteroatoms. The zero-order valence-electron chi connectivity index (χ0n) is 6.79. The van der Waals surface area contributed by atoms with Crippen molar-refractivity contribution in [2.75, 3.05) is 0 Å². The van der Waals surface area contributed by atoms with Crippen molar-refractivity contribution in [3.63, 3.8) is 0 Å². The van der Waals surface area contributed by atoms with Gasteiger partial charge in [-0.1, -0.05) is 23.6 Å². The number of rotatable bonds is 0. The highest BCUT2D eigenvalue weighted by Gasteiger charge is 1.99. The van der Waals surface area contributed by atoms with Crippen LogP contribution in [0.3, 0.4) is 0 Å². The monoisotopic (exact) mass is 187 g/mol. The van der Waals surface area contributed by atoms with Crippen LogP contribution in [0.1, 0.15) is 5.56 Å². The third kappa shape index (κ3) is 1.37. The van der Waals surface area contributed by atoms with Crippen LogP contribution in [0.4, 0.5) is 0 Å². The van der Waals surface area contributed by atoms with Gasteiger partial charge in [0.2, 0.25) is 0 Å². The summed E-state index contributed by atoms with van der Waals surface area (Å²) in [6.45, 7) is 0. The van der Waals surface area contributed by atoms with Crippen molar-refractivity contribution >= 4 is 22.5 Å². The van der Waals surface area contributed by atoms with Crippen molar-refractivity contribution in [1.82, 2.24) is 4.98 Å². The quantitative estimate of drug-likeness (QED) is 0.578. The summed E-state index contributed by atoms with van der Waals surface area (Å²) in [6.07, 6.45) is 7.03. The summed E-state index contributed by atoms with van der Waals surface area (Å²) in [7, 11) is 0. The fourth-order valence-corrected chi connectivity index (χ4v) is 1.41. The molecule has 0 aliphatic rings. The van der Waals surface area contributed by atoms with Gasteiger partial charge in [-0.2, -0.15) is 0 Å². The molecule has 0 radical (unpaired) electrons. The predicted octanol–water partition coefficient (Wildman–Crippen LogP) is 2.87. The van der Waals surface area contributed by atoms with E-state index in [1.165, 1.54) is 0 Å². The number of terminal acetylenes is 1. The smallest absolute Gasteiger partial charge is 0.0729 e. The number of hydrogen-bond donors (Lipinski definition) is 0. The molecule has 0 atom stereocenters. The third-order valence-corrected chi connectivity index (χ3v) is 2.10. The molecule has 0 aliphatic heterocycles. The van der Waals surface area contributed by atoms with Gasteiger partial charge in [-0.15, -0.1) is 6.42 Å². The Morgan fingerprint density at radius 1 is 1.31 bits per heavy atom. The van der Waals surface area contributed by atoms with E-state index in [9.17, 15) is 0 Å². The van der Waals surface area contributed by atoms with Gasteiger partial charge in [-0.05, 0) is 18.2 Å². The molecule has 0 saturated heterocycles. The fraction of sp³-hybridized carbons (Fsp3) is 0. The Hall–Kier alpha value is -1.52. The summed E-state index contributed by atoms with van der Waals surface area (Å²) in [5, 5.41) is 1.64. The van der Waals surface area contributed by atoms with E-state index in [2.05, 4.69) is 10.9 Å². The number of pyridine rings is 1. The molecular formula is C11H6ClN. The molecule has 1 nitrogen and oxygen atoms in total. The molecule has 0 aliphatic carbocycles. The van der Waals surface area contributed by atoms with E-state index in [0.717, 1.165) is 16.5 Å². The second kappa shape index (κ2) is 3.08. The first-order chi connectivity index (χ1) is 6.31. The van der Waals surface area contributed by atoms with Crippen LogP contribution in [-0.2, 0) is 0 Å². The minimum absolute atomic E-state index is 0.675. The highest BCUT2D eigenvalue weighted by Crippen LogP contribution is 2.19. The maximum Gasteiger partial charge on any atom is 0.0729 e. The maximum absolute atomic E-state index is 5.82. The van der Waals surface area contributed by atoms with Gasteiger partial charge in [0.15, 0.2) is 0 Å². The number of benzene rings is 1. The van der Waals surface area contributed by atoms with Crippen molar-refractivity contribution in [3.8, 4) is 12.3 Å². The van der Waals surface area contributed by atoms with Gasteiger partial charge < -0.3 is 0 Å². The summed E-state index contributed by atoms with van der Waals surface area (Å²) in [5.74, 6) is 2.61. The number of nitrogens with zero attached hydrogens (tertiary/aromatic N) is 1. The van der Waals surface area contributed by atoms with Crippen molar-refractivity contribution in [2.45, 2.75) is 0 Å². The Balaban J connectivity index is 2.87. The molecule has 0 spiro atoms. The van der Waals surface area contributed by atoms with E-state index in [1.807, 2.05) is 18.2 Å². The van der Waals surface area contributed by atoms with Crippen LogP contribution in [-0.4, -0.2) is 4.98 Å². The van der Waals surface area contributed by atoms with Crippen LogP contribution in [0.2, 0.25) is 5.02 Å². The van der Waals surface area contributed by atoms with E-state index in [1.54, 1.807) is 12.3 Å². The topological polar surface area (TPSA) is 12.9 Å². The lowest BCUT2D eigenvalue weighted by Gasteiger charge is -1.99. The first-order valence-corrected chi connectivity index (χ1v) is 4.20. The van der Waals surface area contributed by atoms with Gasteiger partial charge in [0.05, 0.1) is 5.52 Å². The van der Waals surface area contributed by atoms with Crippen molar-refractivity contribution < 1.29 is 0 Å². The normalized spacial score (nSPS) is 9.85. The van der Waals surface area contributed by atoms with E-state index in [-0.39, 0.29) is 0 Å². The average Bonchev–Trinajstić information content (AvgIpc) is 2.16. The van der Waals surface area contributed by atoms with Crippen LogP contribution in [0.5, 0.6) is 0 Å². The van der Waals surface area contributed by atoms with E-state index < -0.39 is 0 Å². The highest BCUT2D eigenvalue weighted by atomic mass is 35.5. The van der Waals surface area contributed by atoms with Crippen molar-refractivity contribution in [1.29, 1.82) is 0 Å². The summed E-state index contributed by atoms with van der Waals surface area (Å²) in [5.41, 5.74) is 1.68. The van der Waals surface area contributed by atoms with E-state index in [4.69, 9.17) is 18.0 Å². The Labute approximate surface area is 81.4 Å². The lowest BCUT2D eigenvalue weighted by Crippen LogP contribution is -1.82. The Morgan fingerprint density at radius 2 is 2.15 bits per heavy atom. The molecule has 0 saturated carbocycles. The number of halogens is 1. The maximum atomic E-state index is 5.82. The van der Waals surface area contributed by atoms with Crippen molar-refractivity contribution in [3.05, 3.63) is 41.0 Å². The van der Waals surface area contributed by atoms with Gasteiger partial charge in [0.25, 0.3) is 0 Å². The molecule has 0 amide bonds. The molecule has 0 unspecified atom stereocenters. The molecule has 2 rings (SSSR count). The lowest BCUT2D eigenvalue weighted by molar-refractivity contribution is 1.40. The largest absolute Gasteiger partial charge is 0.256 e. The molecule has 1 heterocycles. The zero-order valence-corrected chi connectivity index (χ0v) is 7.55. The minimum Gasteiger partial charge on any atom is -0.256 e. The van der Waals surface area contributed by atoms with Gasteiger partial charge in [0.1, 0.15) is 0 Å². The van der Waals surface area contributed by atoms with Crippen LogP contribution in [0.25, 0.3) is 10.9 Å². The summed E-state index contributed by atoms with van der Waals surface area (Å²) < 4.78 is 0. The molecule has 1 aromatic heterocycles. The van der Waals surface area contributed by atoms with Crippen molar-refractivity contribution in [2.24, 2.45) is 0 Å². The van der Waals surface area contributed by atoms with Gasteiger partial charge >= 0.3 is 0 Å². The molecular weight excluding hydrogens is 182 g/mol. The lowest BCUT2D eigenvalue weighted by atomic mass is 10.1. The zero-order chi connectivity index (χ0) is 9.26. The minimum atomic E-state index is 0.675. The third-order valence-electron chi connectivity index (χ3n) is 1.86. The molecule has 0 N–H and O–H groups in total. The Bertz CT molecular complexity index is 497. The van der Waals surface area contributed by atoms with E-state index in [0.29, 0.717) is 5.02 Å². The second-order valence-corrected chi connectivity index (χ2v) is 3.10. The first-order valence-electron chi connectivity index (χ1n) is 3.82. The second-order valence-electron chi connectivity index (χ2n) is 2.66. The van der Waals surface area contributed by atoms with Crippen LogP contribution in [0, 0.1) is 12.3 Å². The number of fused-ring (bicyclic) bond motifs is 1. The molecule has 1 aromatic carbocycles. The molecule has 62 valence electrons.